The number of hydrogen-bond acceptors (Lipinski definition) is 9. The first-order valence-corrected chi connectivity index (χ1v) is 9.49. The van der Waals surface area contributed by atoms with E-state index in [1.165, 1.54) is 0 Å². The lowest BCUT2D eigenvalue weighted by molar-refractivity contribution is -0.393. The third-order valence-electron chi connectivity index (χ3n) is 5.14. The summed E-state index contributed by atoms with van der Waals surface area (Å²) in [7, 11) is 2.73. The summed E-state index contributed by atoms with van der Waals surface area (Å²) in [4.78, 5) is 37.5. The Morgan fingerprint density at radius 2 is 1.65 bits per heavy atom. The fourth-order valence-corrected chi connectivity index (χ4v) is 3.57. The van der Waals surface area contributed by atoms with Crippen LogP contribution in [0.5, 0.6) is 5.75 Å². The van der Waals surface area contributed by atoms with E-state index in [0.29, 0.717) is 32.7 Å². The fraction of sp³-hybridized carbons (Fsp3) is 0.350. The molecule has 1 heterocycles. The zero-order chi connectivity index (χ0) is 22.5. The zero-order valence-electron chi connectivity index (χ0n) is 17.1. The molecule has 0 aliphatic carbocycles. The van der Waals surface area contributed by atoms with Crippen molar-refractivity contribution in [3.8, 4) is 5.75 Å². The van der Waals surface area contributed by atoms with Gasteiger partial charge in [0.25, 0.3) is 11.4 Å². The zero-order valence-corrected chi connectivity index (χ0v) is 17.1. The van der Waals surface area contributed by atoms with Crippen LogP contribution in [0.25, 0.3) is 0 Å². The smallest absolute Gasteiger partial charge is 0.340 e. The summed E-state index contributed by atoms with van der Waals surface area (Å²) < 4.78 is 9.89. The number of carbonyl (C=O) groups is 1. The number of hydrogen-bond donors (Lipinski definition) is 0. The molecule has 1 aliphatic heterocycles. The van der Waals surface area contributed by atoms with Crippen LogP contribution in [0.3, 0.4) is 0 Å². The molecule has 11 nitrogen and oxygen atoms in total. The van der Waals surface area contributed by atoms with Gasteiger partial charge in [0.05, 0.1) is 35.7 Å². The molecular formula is C20H22N4O7. The number of piperazine rings is 1. The first kappa shape index (κ1) is 22.0. The van der Waals surface area contributed by atoms with Crippen LogP contribution in [-0.4, -0.2) is 61.1 Å². The van der Waals surface area contributed by atoms with Crippen LogP contribution in [0.15, 0.2) is 36.4 Å². The lowest BCUT2D eigenvalue weighted by Crippen LogP contribution is -2.46. The average molecular weight is 430 g/mol. The average Bonchev–Trinajstić information content (AvgIpc) is 2.78. The van der Waals surface area contributed by atoms with Crippen molar-refractivity contribution in [1.82, 2.24) is 4.90 Å². The summed E-state index contributed by atoms with van der Waals surface area (Å²) in [6.45, 7) is 2.73. The summed E-state index contributed by atoms with van der Waals surface area (Å²) in [6.07, 6.45) is 0. The number of rotatable bonds is 7. The van der Waals surface area contributed by atoms with Crippen LogP contribution in [0.4, 0.5) is 17.1 Å². The maximum atomic E-state index is 12.3. The first-order chi connectivity index (χ1) is 14.8. The number of carbonyl (C=O) groups excluding carboxylic acids is 1. The number of benzene rings is 2. The second-order valence-corrected chi connectivity index (χ2v) is 6.98. The highest BCUT2D eigenvalue weighted by molar-refractivity contribution is 5.99. The molecule has 0 saturated carbocycles. The van der Waals surface area contributed by atoms with E-state index in [2.05, 4.69) is 4.90 Å². The normalized spacial score (nSPS) is 14.2. The van der Waals surface area contributed by atoms with Gasteiger partial charge in [0, 0.05) is 38.8 Å². The van der Waals surface area contributed by atoms with Gasteiger partial charge in [-0.2, -0.15) is 0 Å². The van der Waals surface area contributed by atoms with E-state index in [9.17, 15) is 25.0 Å². The predicted octanol–water partition coefficient (Wildman–Crippen LogP) is 2.62. The van der Waals surface area contributed by atoms with Crippen molar-refractivity contribution < 1.29 is 24.1 Å². The van der Waals surface area contributed by atoms with E-state index in [-0.39, 0.29) is 11.3 Å². The van der Waals surface area contributed by atoms with E-state index >= 15 is 0 Å². The molecular weight excluding hydrogens is 408 g/mol. The van der Waals surface area contributed by atoms with E-state index in [4.69, 9.17) is 9.47 Å². The Labute approximate surface area is 178 Å². The Hall–Kier alpha value is -3.73. The van der Waals surface area contributed by atoms with Gasteiger partial charge in [-0.1, -0.05) is 12.1 Å². The molecule has 0 radical (unpaired) electrons. The van der Waals surface area contributed by atoms with E-state index < -0.39 is 27.2 Å². The summed E-state index contributed by atoms with van der Waals surface area (Å²) in [5.74, 6) is -0.0862. The number of anilines is 1. The van der Waals surface area contributed by atoms with Crippen molar-refractivity contribution in [1.29, 1.82) is 0 Å². The van der Waals surface area contributed by atoms with Crippen molar-refractivity contribution in [2.75, 3.05) is 45.3 Å². The highest BCUT2D eigenvalue weighted by Crippen LogP contribution is 2.37. The molecule has 11 heteroatoms. The Bertz CT molecular complexity index is 986. The summed E-state index contributed by atoms with van der Waals surface area (Å²) >= 11 is 0. The predicted molar refractivity (Wildman–Crippen MR) is 112 cm³/mol. The number of non-ortho nitro benzene ring substituents is 1. The standard InChI is InChI=1S/C20H22N4O7/c1-30-16-5-3-14(4-6-16)13-21-7-9-22(10-8-21)19-17(20(25)31-2)11-15(23(26)27)12-18(19)24(28)29/h3-6,11-12H,7-10,13H2,1-2H3. The maximum absolute atomic E-state index is 12.3. The second kappa shape index (κ2) is 9.39. The molecule has 2 aromatic carbocycles. The van der Waals surface area contributed by atoms with Gasteiger partial charge in [-0.25, -0.2) is 4.79 Å². The highest BCUT2D eigenvalue weighted by Gasteiger charge is 2.32. The van der Waals surface area contributed by atoms with Crippen molar-refractivity contribution in [2.24, 2.45) is 0 Å². The van der Waals surface area contributed by atoms with Crippen molar-refractivity contribution in [3.05, 3.63) is 67.8 Å². The molecule has 3 rings (SSSR count). The molecule has 1 aliphatic rings. The first-order valence-electron chi connectivity index (χ1n) is 9.49. The molecule has 0 unspecified atom stereocenters. The molecule has 0 N–H and O–H groups in total. The van der Waals surface area contributed by atoms with Crippen LogP contribution in [-0.2, 0) is 11.3 Å². The number of ether oxygens (including phenoxy) is 2. The van der Waals surface area contributed by atoms with Gasteiger partial charge in [-0.3, -0.25) is 25.1 Å². The molecule has 0 aromatic heterocycles. The van der Waals surface area contributed by atoms with Gasteiger partial charge in [0.2, 0.25) is 0 Å². The van der Waals surface area contributed by atoms with Gasteiger partial charge in [-0.05, 0) is 17.7 Å². The summed E-state index contributed by atoms with van der Waals surface area (Å²) in [6, 6.07) is 9.62. The van der Waals surface area contributed by atoms with Crippen molar-refractivity contribution >= 4 is 23.0 Å². The molecule has 1 saturated heterocycles. The maximum Gasteiger partial charge on any atom is 0.340 e. The van der Waals surface area contributed by atoms with Crippen LogP contribution >= 0.6 is 0 Å². The minimum Gasteiger partial charge on any atom is -0.497 e. The molecule has 0 bridgehead atoms. The van der Waals surface area contributed by atoms with E-state index in [0.717, 1.165) is 30.6 Å². The third-order valence-corrected chi connectivity index (χ3v) is 5.14. The van der Waals surface area contributed by atoms with E-state index in [1.807, 2.05) is 24.3 Å². The number of nitro benzene ring substituents is 2. The number of methoxy groups -OCH3 is 2. The highest BCUT2D eigenvalue weighted by atomic mass is 16.6. The van der Waals surface area contributed by atoms with Crippen LogP contribution in [0.1, 0.15) is 15.9 Å². The Morgan fingerprint density at radius 3 is 2.16 bits per heavy atom. The van der Waals surface area contributed by atoms with Gasteiger partial charge < -0.3 is 14.4 Å². The molecule has 0 spiro atoms. The third kappa shape index (κ3) is 4.89. The van der Waals surface area contributed by atoms with Crippen molar-refractivity contribution in [2.45, 2.75) is 6.54 Å². The minimum atomic E-state index is -0.859. The number of nitro groups is 2. The molecule has 164 valence electrons. The number of nitrogens with zero attached hydrogens (tertiary/aromatic N) is 4. The second-order valence-electron chi connectivity index (χ2n) is 6.98. The Balaban J connectivity index is 1.83. The SMILES string of the molecule is COC(=O)c1cc([N+](=O)[O-])cc([N+](=O)[O-])c1N1CCN(Cc2ccc(OC)cc2)CC1. The molecule has 0 atom stereocenters. The fourth-order valence-electron chi connectivity index (χ4n) is 3.57. The van der Waals surface area contributed by atoms with Crippen LogP contribution in [0, 0.1) is 20.2 Å². The van der Waals surface area contributed by atoms with Crippen molar-refractivity contribution in [3.63, 3.8) is 0 Å². The molecule has 0 amide bonds. The monoisotopic (exact) mass is 430 g/mol. The van der Waals surface area contributed by atoms with Crippen LogP contribution in [0.2, 0.25) is 0 Å². The topological polar surface area (TPSA) is 128 Å². The van der Waals surface area contributed by atoms with Gasteiger partial charge in [0.15, 0.2) is 0 Å². The Morgan fingerprint density at radius 1 is 1.00 bits per heavy atom. The van der Waals surface area contributed by atoms with Crippen LogP contribution < -0.4 is 9.64 Å². The molecule has 31 heavy (non-hydrogen) atoms. The van der Waals surface area contributed by atoms with Gasteiger partial charge in [0.1, 0.15) is 11.4 Å². The van der Waals surface area contributed by atoms with Gasteiger partial charge in [-0.15, -0.1) is 0 Å². The summed E-state index contributed by atoms with van der Waals surface area (Å²) in [5.41, 5.74) is -0.0587. The lowest BCUT2D eigenvalue weighted by atomic mass is 10.1. The Kier molecular flexibility index (Phi) is 6.65. The summed E-state index contributed by atoms with van der Waals surface area (Å²) in [5, 5.41) is 22.8. The minimum absolute atomic E-state index is 0.0477. The van der Waals surface area contributed by atoms with E-state index in [1.54, 1.807) is 12.0 Å². The molecule has 2 aromatic rings. The lowest BCUT2D eigenvalue weighted by Gasteiger charge is -2.36. The molecule has 1 fully saturated rings. The number of esters is 1. The largest absolute Gasteiger partial charge is 0.497 e. The van der Waals surface area contributed by atoms with Gasteiger partial charge >= 0.3 is 5.97 Å². The quantitative estimate of drug-likeness (QED) is 0.370.